The minimum absolute atomic E-state index is 0.0993. The number of carbonyl (C=O) groups excluding carboxylic acids is 2. The number of carboxylic acid groups (broad SMARTS) is 1. The number of carbonyl (C=O) groups is 3. The number of fused-ring (bicyclic) bond motifs is 2. The SMILES string of the molecule is CC(c1c[nH]c2ccccc12)C(NC(=O)c1ccccc1F)C(=O)N1C[C@@H](CN(C)C)Cc2cc(Cl)ccc21.O=C(O)C(F)(F)F. The van der Waals surface area contributed by atoms with Crippen LogP contribution in [0.5, 0.6) is 0 Å². The lowest BCUT2D eigenvalue weighted by Gasteiger charge is -2.38. The molecule has 8 nitrogen and oxygen atoms in total. The van der Waals surface area contributed by atoms with Gasteiger partial charge in [-0.25, -0.2) is 9.18 Å². The predicted octanol–water partition coefficient (Wildman–Crippen LogP) is 6.26. The van der Waals surface area contributed by atoms with E-state index in [-0.39, 0.29) is 17.4 Å². The minimum Gasteiger partial charge on any atom is -0.475 e. The Morgan fingerprint density at radius 1 is 1.09 bits per heavy atom. The lowest BCUT2D eigenvalue weighted by atomic mass is 9.88. The number of nitrogens with zero attached hydrogens (tertiary/aromatic N) is 2. The third kappa shape index (κ3) is 8.04. The topological polar surface area (TPSA) is 106 Å². The molecule has 3 aromatic carbocycles. The zero-order valence-electron chi connectivity index (χ0n) is 25.2. The molecule has 3 N–H and O–H groups in total. The lowest BCUT2D eigenvalue weighted by molar-refractivity contribution is -0.192. The highest BCUT2D eigenvalue weighted by Crippen LogP contribution is 2.35. The van der Waals surface area contributed by atoms with Crippen molar-refractivity contribution >= 4 is 46.0 Å². The monoisotopic (exact) mass is 660 g/mol. The number of hydrogen-bond donors (Lipinski definition) is 3. The first-order valence-corrected chi connectivity index (χ1v) is 14.7. The van der Waals surface area contributed by atoms with Gasteiger partial charge in [-0.2, -0.15) is 13.2 Å². The normalized spacial score (nSPS) is 15.8. The molecule has 244 valence electrons. The second-order valence-electron chi connectivity index (χ2n) is 11.4. The summed E-state index contributed by atoms with van der Waals surface area (Å²) in [5, 5.41) is 11.6. The zero-order chi connectivity index (χ0) is 33.8. The van der Waals surface area contributed by atoms with Crippen LogP contribution in [-0.2, 0) is 16.0 Å². The van der Waals surface area contributed by atoms with Gasteiger partial charge in [0.25, 0.3) is 5.91 Å². The van der Waals surface area contributed by atoms with E-state index in [4.69, 9.17) is 21.5 Å². The number of H-pyrrole nitrogens is 1. The van der Waals surface area contributed by atoms with Gasteiger partial charge in [-0.05, 0) is 74.0 Å². The predicted molar refractivity (Wildman–Crippen MR) is 168 cm³/mol. The van der Waals surface area contributed by atoms with Gasteiger partial charge in [0.1, 0.15) is 11.9 Å². The van der Waals surface area contributed by atoms with E-state index in [1.165, 1.54) is 18.2 Å². The summed E-state index contributed by atoms with van der Waals surface area (Å²) in [6, 6.07) is 18.3. The van der Waals surface area contributed by atoms with Crippen LogP contribution < -0.4 is 10.2 Å². The number of alkyl halides is 3. The van der Waals surface area contributed by atoms with E-state index in [0.29, 0.717) is 11.6 Å². The molecular weight excluding hydrogens is 628 g/mol. The molecule has 13 heteroatoms. The molecule has 2 unspecified atom stereocenters. The van der Waals surface area contributed by atoms with Gasteiger partial charge >= 0.3 is 12.1 Å². The Labute approximate surface area is 267 Å². The number of aromatic nitrogens is 1. The van der Waals surface area contributed by atoms with Crippen LogP contribution in [0.1, 0.15) is 34.3 Å². The highest BCUT2D eigenvalue weighted by atomic mass is 35.5. The maximum absolute atomic E-state index is 14.6. The van der Waals surface area contributed by atoms with Crippen LogP contribution in [0.25, 0.3) is 10.9 Å². The molecule has 1 aliphatic heterocycles. The van der Waals surface area contributed by atoms with Crippen molar-refractivity contribution in [1.29, 1.82) is 0 Å². The highest BCUT2D eigenvalue weighted by molar-refractivity contribution is 6.30. The molecule has 0 spiro atoms. The first kappa shape index (κ1) is 34.5. The minimum atomic E-state index is -5.08. The molecule has 0 fully saturated rings. The van der Waals surface area contributed by atoms with E-state index in [2.05, 4.69) is 15.2 Å². The van der Waals surface area contributed by atoms with E-state index in [1.54, 1.807) is 17.0 Å². The van der Waals surface area contributed by atoms with Gasteiger partial charge in [-0.3, -0.25) is 9.59 Å². The van der Waals surface area contributed by atoms with E-state index in [9.17, 15) is 27.2 Å². The molecule has 4 aromatic rings. The quantitative estimate of drug-likeness (QED) is 0.203. The fraction of sp³-hybridized carbons (Fsp3) is 0.303. The van der Waals surface area contributed by atoms with Gasteiger partial charge in [-0.1, -0.05) is 48.9 Å². The third-order valence-electron chi connectivity index (χ3n) is 7.70. The van der Waals surface area contributed by atoms with Gasteiger partial charge in [-0.15, -0.1) is 0 Å². The maximum Gasteiger partial charge on any atom is 0.490 e. The van der Waals surface area contributed by atoms with Crippen LogP contribution in [0, 0.1) is 11.7 Å². The molecule has 0 radical (unpaired) electrons. The lowest BCUT2D eigenvalue weighted by Crippen LogP contribution is -2.54. The summed E-state index contributed by atoms with van der Waals surface area (Å²) in [5.74, 6) is -4.49. The molecule has 5 rings (SSSR count). The van der Waals surface area contributed by atoms with Crippen molar-refractivity contribution in [1.82, 2.24) is 15.2 Å². The van der Waals surface area contributed by atoms with Crippen LogP contribution in [0.4, 0.5) is 23.2 Å². The Balaban J connectivity index is 0.000000617. The molecular formula is C33H33ClF4N4O4. The molecule has 1 aromatic heterocycles. The molecule has 1 aliphatic rings. The average Bonchev–Trinajstić information content (AvgIpc) is 3.42. The summed E-state index contributed by atoms with van der Waals surface area (Å²) in [4.78, 5) is 43.8. The molecule has 3 atom stereocenters. The summed E-state index contributed by atoms with van der Waals surface area (Å²) in [5.41, 5.74) is 3.52. The second-order valence-corrected chi connectivity index (χ2v) is 11.8. The van der Waals surface area contributed by atoms with Crippen molar-refractivity contribution < 1.29 is 37.1 Å². The van der Waals surface area contributed by atoms with Gasteiger partial charge < -0.3 is 25.2 Å². The van der Waals surface area contributed by atoms with Crippen LogP contribution in [0.3, 0.4) is 0 Å². The number of carboxylic acids is 1. The maximum atomic E-state index is 14.6. The average molecular weight is 661 g/mol. The van der Waals surface area contributed by atoms with Crippen LogP contribution >= 0.6 is 11.6 Å². The first-order chi connectivity index (χ1) is 21.7. The number of halogens is 5. The summed E-state index contributed by atoms with van der Waals surface area (Å²) in [6.45, 7) is 3.21. The number of benzene rings is 3. The van der Waals surface area contributed by atoms with Crippen molar-refractivity contribution in [2.45, 2.75) is 31.5 Å². The van der Waals surface area contributed by atoms with Crippen LogP contribution in [-0.4, -0.2) is 72.2 Å². The Bertz CT molecular complexity index is 1730. The van der Waals surface area contributed by atoms with E-state index >= 15 is 0 Å². The molecule has 0 saturated carbocycles. The number of amides is 2. The van der Waals surface area contributed by atoms with E-state index in [0.717, 1.165) is 40.7 Å². The molecule has 46 heavy (non-hydrogen) atoms. The molecule has 0 bridgehead atoms. The van der Waals surface area contributed by atoms with Gasteiger partial charge in [0.05, 0.1) is 5.56 Å². The van der Waals surface area contributed by atoms with Crippen LogP contribution in [0.2, 0.25) is 5.02 Å². The van der Waals surface area contributed by atoms with Crippen molar-refractivity contribution in [3.8, 4) is 0 Å². The number of aromatic amines is 1. The van der Waals surface area contributed by atoms with Gasteiger partial charge in [0, 0.05) is 46.8 Å². The number of nitrogens with one attached hydrogen (secondary N) is 2. The van der Waals surface area contributed by atoms with Crippen molar-refractivity contribution in [3.05, 3.63) is 100 Å². The third-order valence-corrected chi connectivity index (χ3v) is 7.93. The summed E-state index contributed by atoms with van der Waals surface area (Å²) in [7, 11) is 4.02. The summed E-state index contributed by atoms with van der Waals surface area (Å²) in [6.07, 6.45) is -2.41. The number of rotatable bonds is 7. The van der Waals surface area contributed by atoms with Crippen molar-refractivity contribution in [3.63, 3.8) is 0 Å². The fourth-order valence-electron chi connectivity index (χ4n) is 5.64. The van der Waals surface area contributed by atoms with Crippen LogP contribution in [0.15, 0.2) is 72.9 Å². The fourth-order valence-corrected chi connectivity index (χ4v) is 5.84. The summed E-state index contributed by atoms with van der Waals surface area (Å²) < 4.78 is 46.3. The number of aliphatic carboxylic acids is 1. The Kier molecular flexibility index (Phi) is 10.7. The second kappa shape index (κ2) is 14.3. The molecule has 0 aliphatic carbocycles. The Hall–Kier alpha value is -4.42. The van der Waals surface area contributed by atoms with E-state index in [1.807, 2.05) is 63.6 Å². The van der Waals surface area contributed by atoms with Gasteiger partial charge in [0.15, 0.2) is 0 Å². The number of anilines is 1. The van der Waals surface area contributed by atoms with Crippen molar-refractivity contribution in [2.24, 2.45) is 5.92 Å². The van der Waals surface area contributed by atoms with E-state index < -0.39 is 35.8 Å². The molecule has 2 amide bonds. The Morgan fingerprint density at radius 2 is 1.74 bits per heavy atom. The Morgan fingerprint density at radius 3 is 2.39 bits per heavy atom. The number of para-hydroxylation sites is 1. The largest absolute Gasteiger partial charge is 0.490 e. The molecule has 2 heterocycles. The first-order valence-electron chi connectivity index (χ1n) is 14.3. The zero-order valence-corrected chi connectivity index (χ0v) is 26.0. The highest BCUT2D eigenvalue weighted by Gasteiger charge is 2.39. The van der Waals surface area contributed by atoms with Crippen molar-refractivity contribution in [2.75, 3.05) is 32.1 Å². The standard InChI is InChI=1S/C31H32ClFN4O2.C2HF3O2/c1-19(25-16-34-27-11-7-5-8-23(25)27)29(35-30(38)24-9-4-6-10-26(24)33)31(39)37-18-20(17-36(2)3)14-21-15-22(32)12-13-28(21)37;3-2(4,5)1(6)7/h4-13,15-16,19-20,29,34H,14,17-18H2,1-3H3,(H,35,38);(H,6,7)/t19?,20-,29?;/m1./s1. The summed E-state index contributed by atoms with van der Waals surface area (Å²) >= 11 is 6.34. The molecule has 0 saturated heterocycles. The van der Waals surface area contributed by atoms with Gasteiger partial charge in [0.2, 0.25) is 5.91 Å². The number of hydrogen-bond acceptors (Lipinski definition) is 4. The smallest absolute Gasteiger partial charge is 0.475 e.